The van der Waals surface area contributed by atoms with Gasteiger partial charge in [0.15, 0.2) is 0 Å². The normalized spacial score (nSPS) is 5.29. The topological polar surface area (TPSA) is 40.1 Å². The molecule has 0 atom stereocenters. The molecule has 0 unspecified atom stereocenters. The van der Waals surface area contributed by atoms with Gasteiger partial charge in [-0.3, -0.25) is 0 Å². The Bertz CT molecular complexity index is 48.2. The van der Waals surface area contributed by atoms with Crippen molar-refractivity contribution >= 4 is 29.0 Å². The monoisotopic (exact) mass is 116 g/mol. The smallest absolute Gasteiger partial charge is 1.00 e. The summed E-state index contributed by atoms with van der Waals surface area (Å²) < 4.78 is 0. The zero-order valence-corrected chi connectivity index (χ0v) is 5.52. The standard InChI is InChI=1S/C3H6O2.FH.Mg/c1-2-3(4)5;;/h2H2,1H3,(H,4,5);1H;/q;;+2/p-2. The Morgan fingerprint density at radius 3 is 1.86 bits per heavy atom. The average molecular weight is 116 g/mol. The summed E-state index contributed by atoms with van der Waals surface area (Å²) in [6.45, 7) is 1.54. The molecule has 0 aliphatic heterocycles. The van der Waals surface area contributed by atoms with Crippen LogP contribution in [0.2, 0.25) is 0 Å². The van der Waals surface area contributed by atoms with Gasteiger partial charge in [0.25, 0.3) is 0 Å². The van der Waals surface area contributed by atoms with E-state index in [1.807, 2.05) is 0 Å². The van der Waals surface area contributed by atoms with Crippen LogP contribution in [0.1, 0.15) is 13.3 Å². The summed E-state index contributed by atoms with van der Waals surface area (Å²) in [6.07, 6.45) is 0.111. The van der Waals surface area contributed by atoms with Crippen LogP contribution in [0.4, 0.5) is 0 Å². The van der Waals surface area contributed by atoms with Gasteiger partial charge in [0.05, 0.1) is 0 Å². The van der Waals surface area contributed by atoms with Crippen molar-refractivity contribution in [3.63, 3.8) is 0 Å². The summed E-state index contributed by atoms with van der Waals surface area (Å²) in [6, 6.07) is 0. The van der Waals surface area contributed by atoms with E-state index in [1.165, 1.54) is 6.92 Å². The number of halogens is 1. The van der Waals surface area contributed by atoms with Crippen molar-refractivity contribution < 1.29 is 14.6 Å². The van der Waals surface area contributed by atoms with Gasteiger partial charge in [-0.25, -0.2) is 0 Å². The molecule has 0 radical (unpaired) electrons. The van der Waals surface area contributed by atoms with Crippen molar-refractivity contribution in [2.24, 2.45) is 0 Å². The molecule has 7 heavy (non-hydrogen) atoms. The first-order chi connectivity index (χ1) is 2.27. The van der Waals surface area contributed by atoms with Crippen molar-refractivity contribution in [3.05, 3.63) is 0 Å². The predicted molar refractivity (Wildman–Crippen MR) is 21.1 cm³/mol. The first-order valence-corrected chi connectivity index (χ1v) is 1.47. The third kappa shape index (κ3) is 22.8. The summed E-state index contributed by atoms with van der Waals surface area (Å²) in [4.78, 5) is 9.26. The molecule has 0 heterocycles. The van der Waals surface area contributed by atoms with Gasteiger partial charge in [-0.2, -0.15) is 0 Å². The Labute approximate surface area is 57.4 Å². The Balaban J connectivity index is -0.0000000800. The van der Waals surface area contributed by atoms with Gasteiger partial charge < -0.3 is 14.6 Å². The second kappa shape index (κ2) is 9.48. The van der Waals surface area contributed by atoms with E-state index in [2.05, 4.69) is 0 Å². The number of carboxylic acids is 1. The molecule has 0 saturated carbocycles. The number of hydrogen-bond donors (Lipinski definition) is 0. The minimum Gasteiger partial charge on any atom is -1.00 e. The van der Waals surface area contributed by atoms with Crippen LogP contribution in [-0.4, -0.2) is 29.0 Å². The first kappa shape index (κ1) is 15.7. The molecular formula is C3H5FMgO2. The maximum absolute atomic E-state index is 9.26. The molecule has 0 bridgehead atoms. The molecule has 0 saturated heterocycles. The minimum atomic E-state index is -0.995. The molecular weight excluding hydrogens is 111 g/mol. The zero-order valence-electron chi connectivity index (χ0n) is 4.11. The van der Waals surface area contributed by atoms with Crippen molar-refractivity contribution in [1.29, 1.82) is 0 Å². The van der Waals surface area contributed by atoms with Crippen LogP contribution in [0, 0.1) is 0 Å². The van der Waals surface area contributed by atoms with Gasteiger partial charge >= 0.3 is 23.1 Å². The molecule has 0 aliphatic carbocycles. The second-order valence-corrected chi connectivity index (χ2v) is 0.726. The van der Waals surface area contributed by atoms with E-state index in [4.69, 9.17) is 0 Å². The van der Waals surface area contributed by atoms with Crippen molar-refractivity contribution in [2.45, 2.75) is 13.3 Å². The largest absolute Gasteiger partial charge is 2.00 e. The van der Waals surface area contributed by atoms with Crippen LogP contribution in [0.15, 0.2) is 0 Å². The fourth-order valence-electron chi connectivity index (χ4n) is 0. The van der Waals surface area contributed by atoms with Crippen LogP contribution in [0.25, 0.3) is 0 Å². The van der Waals surface area contributed by atoms with E-state index in [-0.39, 0.29) is 34.2 Å². The Morgan fingerprint density at radius 2 is 1.86 bits per heavy atom. The van der Waals surface area contributed by atoms with Gasteiger partial charge in [0.1, 0.15) is 0 Å². The zero-order chi connectivity index (χ0) is 4.28. The van der Waals surface area contributed by atoms with Gasteiger partial charge in [0.2, 0.25) is 0 Å². The summed E-state index contributed by atoms with van der Waals surface area (Å²) in [7, 11) is 0. The number of rotatable bonds is 1. The fraction of sp³-hybridized carbons (Fsp3) is 0.667. The van der Waals surface area contributed by atoms with E-state index >= 15 is 0 Å². The molecule has 0 spiro atoms. The van der Waals surface area contributed by atoms with Gasteiger partial charge in [-0.1, -0.05) is 6.92 Å². The number of aliphatic carboxylic acids is 1. The number of carboxylic acid groups (broad SMARTS) is 1. The van der Waals surface area contributed by atoms with Crippen molar-refractivity contribution in [3.8, 4) is 0 Å². The van der Waals surface area contributed by atoms with E-state index in [9.17, 15) is 9.90 Å². The third-order valence-corrected chi connectivity index (χ3v) is 0.289. The van der Waals surface area contributed by atoms with E-state index in [0.717, 1.165) is 0 Å². The predicted octanol–water partition coefficient (Wildman–Crippen LogP) is -4.23. The number of hydrogen-bond acceptors (Lipinski definition) is 2. The van der Waals surface area contributed by atoms with Gasteiger partial charge in [-0.05, 0) is 6.42 Å². The first-order valence-electron chi connectivity index (χ1n) is 1.47. The Hall–Kier alpha value is 0.166. The minimum absolute atomic E-state index is 0. The molecule has 38 valence electrons. The molecule has 2 nitrogen and oxygen atoms in total. The Kier molecular flexibility index (Phi) is 21.3. The molecule has 0 rings (SSSR count). The summed E-state index contributed by atoms with van der Waals surface area (Å²) in [5.41, 5.74) is 0. The van der Waals surface area contributed by atoms with Crippen molar-refractivity contribution in [1.82, 2.24) is 0 Å². The van der Waals surface area contributed by atoms with Crippen LogP contribution >= 0.6 is 0 Å². The molecule has 0 aromatic rings. The summed E-state index contributed by atoms with van der Waals surface area (Å²) in [5.74, 6) is -0.995. The van der Waals surface area contributed by atoms with Gasteiger partial charge in [0, 0.05) is 5.97 Å². The third-order valence-electron chi connectivity index (χ3n) is 0.289. The Morgan fingerprint density at radius 1 is 1.71 bits per heavy atom. The molecule has 4 heteroatoms. The van der Waals surface area contributed by atoms with Crippen LogP contribution in [-0.2, 0) is 4.79 Å². The molecule has 0 amide bonds. The molecule has 0 fully saturated rings. The van der Waals surface area contributed by atoms with Crippen LogP contribution < -0.4 is 9.81 Å². The van der Waals surface area contributed by atoms with E-state index < -0.39 is 5.97 Å². The van der Waals surface area contributed by atoms with Crippen LogP contribution in [0.3, 0.4) is 0 Å². The average Bonchev–Trinajstić information content (AvgIpc) is 1.38. The second-order valence-electron chi connectivity index (χ2n) is 0.726. The van der Waals surface area contributed by atoms with Crippen LogP contribution in [0.5, 0.6) is 0 Å². The maximum atomic E-state index is 9.26. The molecule has 0 aliphatic rings. The molecule has 0 aromatic carbocycles. The summed E-state index contributed by atoms with van der Waals surface area (Å²) >= 11 is 0. The summed E-state index contributed by atoms with van der Waals surface area (Å²) in [5, 5.41) is 9.26. The SMILES string of the molecule is CCC(=O)[O-].[F-].[Mg+2]. The quantitative estimate of drug-likeness (QED) is 0.326. The molecule has 0 N–H and O–H groups in total. The number of carbonyl (C=O) groups excluding carboxylic acids is 1. The van der Waals surface area contributed by atoms with Gasteiger partial charge in [-0.15, -0.1) is 0 Å². The van der Waals surface area contributed by atoms with Crippen molar-refractivity contribution in [2.75, 3.05) is 0 Å². The molecule has 0 aromatic heterocycles. The van der Waals surface area contributed by atoms with E-state index in [0.29, 0.717) is 0 Å². The van der Waals surface area contributed by atoms with E-state index in [1.54, 1.807) is 0 Å². The maximum Gasteiger partial charge on any atom is 2.00 e. The fourth-order valence-corrected chi connectivity index (χ4v) is 0. The number of carbonyl (C=O) groups is 1.